The topological polar surface area (TPSA) is 66.8 Å². The molecule has 8 aromatic carbocycles. The summed E-state index contributed by atoms with van der Waals surface area (Å²) in [5.41, 5.74) is 5.30. The number of para-hydroxylation sites is 2. The van der Waals surface area contributed by atoms with Gasteiger partial charge in [-0.15, -0.1) is 5.60 Å². The third-order valence-corrected chi connectivity index (χ3v) is 8.47. The van der Waals surface area contributed by atoms with Gasteiger partial charge in [0, 0.05) is 21.5 Å². The molecular weight excluding hydrogens is 770 g/mol. The molecule has 8 aromatic rings. The molecule has 0 atom stereocenters. The first-order valence-electron chi connectivity index (χ1n) is 17.8. The molecule has 6 heteroatoms. The minimum atomic E-state index is -0.750. The Morgan fingerprint density at radius 3 is 1.24 bits per heavy atom. The van der Waals surface area contributed by atoms with Crippen LogP contribution in [0.25, 0.3) is 21.5 Å². The van der Waals surface area contributed by atoms with Gasteiger partial charge >= 0.3 is 51.4 Å². The summed E-state index contributed by atoms with van der Waals surface area (Å²) in [6.45, 7) is 4.90. The molecule has 0 bridgehead atoms. The second kappa shape index (κ2) is 21.7. The number of phenolic OH excluding ortho intramolecular Hbond substituents is 2. The van der Waals surface area contributed by atoms with Gasteiger partial charge in [-0.1, -0.05) is 158 Å². The number of halogens is 1. The van der Waals surface area contributed by atoms with Gasteiger partial charge in [-0.05, 0) is 112 Å². The SMILES string of the molecule is CC(C)(C)[O-].Oc1ccc2cc(Br)ccc2c1.Oc1ccc2cc(N(c3ccccc3)c3ccccc3)ccc2c1.[K+].c1ccc(Cc2ccccc2)cc1. The van der Waals surface area contributed by atoms with Gasteiger partial charge in [0.15, 0.2) is 0 Å². The van der Waals surface area contributed by atoms with E-state index in [1.807, 2.05) is 72.8 Å². The Balaban J connectivity index is 0.000000184. The molecule has 0 radical (unpaired) electrons. The van der Waals surface area contributed by atoms with Gasteiger partial charge in [0.1, 0.15) is 11.5 Å². The molecule has 0 heterocycles. The van der Waals surface area contributed by atoms with Crippen LogP contribution >= 0.6 is 15.9 Å². The average molecular weight is 815 g/mol. The Morgan fingerprint density at radius 2 is 0.800 bits per heavy atom. The van der Waals surface area contributed by atoms with Crippen molar-refractivity contribution in [1.82, 2.24) is 0 Å². The van der Waals surface area contributed by atoms with Crippen LogP contribution in [0.3, 0.4) is 0 Å². The largest absolute Gasteiger partial charge is 1.00 e. The van der Waals surface area contributed by atoms with Gasteiger partial charge in [-0.2, -0.15) is 0 Å². The number of benzene rings is 8. The van der Waals surface area contributed by atoms with Crippen molar-refractivity contribution >= 4 is 54.5 Å². The minimum Gasteiger partial charge on any atom is -0.850 e. The summed E-state index contributed by atoms with van der Waals surface area (Å²) in [5, 5.41) is 33.3. The smallest absolute Gasteiger partial charge is 0.850 e. The standard InChI is InChI=1S/C22H17NO.C13H12.C10H7BrO.C4H9O.K/c24-22-14-12-17-15-21(13-11-18(17)16-22)23(19-7-3-1-4-8-19)20-9-5-2-6-10-20;1-3-7-12(8-4-1)11-13-9-5-2-6-10-13;11-9-3-1-8-6-10(12)4-2-7(8)5-9;1-4(2,3)5;/h1-16,24H;1-10H,11H2;1-6,12H;1-3H3;/q;;;-1;+1. The van der Waals surface area contributed by atoms with Crippen LogP contribution in [0.5, 0.6) is 11.5 Å². The zero-order valence-corrected chi connectivity index (χ0v) is 36.5. The molecule has 8 rings (SSSR count). The molecule has 55 heavy (non-hydrogen) atoms. The van der Waals surface area contributed by atoms with Crippen molar-refractivity contribution < 1.29 is 66.7 Å². The summed E-state index contributed by atoms with van der Waals surface area (Å²) >= 11 is 3.39. The normalized spacial score (nSPS) is 10.3. The molecule has 0 spiro atoms. The molecule has 0 fully saturated rings. The van der Waals surface area contributed by atoms with Gasteiger partial charge in [-0.3, -0.25) is 0 Å². The molecule has 0 aliphatic carbocycles. The van der Waals surface area contributed by atoms with E-state index >= 15 is 0 Å². The number of hydrogen-bond donors (Lipinski definition) is 2. The van der Waals surface area contributed by atoms with Gasteiger partial charge in [0.25, 0.3) is 0 Å². The third kappa shape index (κ3) is 14.7. The van der Waals surface area contributed by atoms with Crippen LogP contribution in [-0.2, 0) is 6.42 Å². The molecule has 272 valence electrons. The second-order valence-corrected chi connectivity index (χ2v) is 14.6. The Kier molecular flexibility index (Phi) is 17.2. The molecule has 0 aromatic heterocycles. The summed E-state index contributed by atoms with van der Waals surface area (Å²) in [7, 11) is 0. The molecule has 0 saturated heterocycles. The van der Waals surface area contributed by atoms with Gasteiger partial charge < -0.3 is 20.2 Å². The van der Waals surface area contributed by atoms with Crippen molar-refractivity contribution in [3.8, 4) is 11.5 Å². The number of aromatic hydroxyl groups is 2. The maximum absolute atomic E-state index is 10.1. The van der Waals surface area contributed by atoms with Crippen LogP contribution in [0.2, 0.25) is 0 Å². The number of anilines is 3. The summed E-state index contributed by atoms with van der Waals surface area (Å²) in [4.78, 5) is 2.23. The molecule has 4 nitrogen and oxygen atoms in total. The van der Waals surface area contributed by atoms with E-state index in [-0.39, 0.29) is 51.4 Å². The van der Waals surface area contributed by atoms with E-state index in [0.717, 1.165) is 49.5 Å². The zero-order chi connectivity index (χ0) is 38.3. The maximum atomic E-state index is 10.1. The Morgan fingerprint density at radius 1 is 0.455 bits per heavy atom. The summed E-state index contributed by atoms with van der Waals surface area (Å²) in [6, 6.07) is 64.7. The summed E-state index contributed by atoms with van der Waals surface area (Å²) in [5.74, 6) is 0.600. The van der Waals surface area contributed by atoms with Crippen LogP contribution in [0, 0.1) is 0 Å². The van der Waals surface area contributed by atoms with Crippen LogP contribution in [-0.4, -0.2) is 15.8 Å². The molecular formula is C49H45BrKNO3. The monoisotopic (exact) mass is 813 g/mol. The Labute approximate surface area is 376 Å². The van der Waals surface area contributed by atoms with Crippen molar-refractivity contribution in [3.05, 3.63) is 210 Å². The number of fused-ring (bicyclic) bond motifs is 2. The quantitative estimate of drug-likeness (QED) is 0.170. The second-order valence-electron chi connectivity index (χ2n) is 13.7. The summed E-state index contributed by atoms with van der Waals surface area (Å²) < 4.78 is 1.06. The van der Waals surface area contributed by atoms with Gasteiger partial charge in [0.2, 0.25) is 0 Å². The number of phenols is 2. The van der Waals surface area contributed by atoms with E-state index < -0.39 is 5.60 Å². The molecule has 2 N–H and O–H groups in total. The Hall–Kier alpha value is -4.24. The van der Waals surface area contributed by atoms with Gasteiger partial charge in [0.05, 0.1) is 0 Å². The minimum absolute atomic E-state index is 0. The van der Waals surface area contributed by atoms with E-state index in [0.29, 0.717) is 11.5 Å². The van der Waals surface area contributed by atoms with Crippen molar-refractivity contribution in [1.29, 1.82) is 0 Å². The third-order valence-electron chi connectivity index (χ3n) is 7.97. The maximum Gasteiger partial charge on any atom is 1.00 e. The fourth-order valence-electron chi connectivity index (χ4n) is 5.59. The fraction of sp³-hybridized carbons (Fsp3) is 0.102. The first-order chi connectivity index (χ1) is 26.0. The average Bonchev–Trinajstić information content (AvgIpc) is 3.17. The first-order valence-corrected chi connectivity index (χ1v) is 18.6. The molecule has 0 saturated carbocycles. The molecule has 0 aliphatic rings. The number of hydrogen-bond acceptors (Lipinski definition) is 4. The van der Waals surface area contributed by atoms with Crippen LogP contribution in [0.1, 0.15) is 31.9 Å². The van der Waals surface area contributed by atoms with Crippen molar-refractivity contribution in [2.24, 2.45) is 0 Å². The predicted molar refractivity (Wildman–Crippen MR) is 229 cm³/mol. The van der Waals surface area contributed by atoms with Crippen molar-refractivity contribution in [2.75, 3.05) is 4.90 Å². The van der Waals surface area contributed by atoms with Crippen LogP contribution in [0.4, 0.5) is 17.1 Å². The van der Waals surface area contributed by atoms with E-state index in [1.54, 1.807) is 45.0 Å². The number of nitrogens with zero attached hydrogens (tertiary/aromatic N) is 1. The van der Waals surface area contributed by atoms with E-state index in [2.05, 4.69) is 118 Å². The van der Waals surface area contributed by atoms with Crippen LogP contribution in [0.15, 0.2) is 199 Å². The van der Waals surface area contributed by atoms with Gasteiger partial charge in [-0.25, -0.2) is 0 Å². The van der Waals surface area contributed by atoms with Crippen molar-refractivity contribution in [2.45, 2.75) is 32.8 Å². The van der Waals surface area contributed by atoms with E-state index in [9.17, 15) is 15.3 Å². The molecule has 0 unspecified atom stereocenters. The first kappa shape index (κ1) is 43.5. The number of rotatable bonds is 5. The predicted octanol–water partition coefficient (Wildman–Crippen LogP) is 9.75. The summed E-state index contributed by atoms with van der Waals surface area (Å²) in [6.07, 6.45) is 1.03. The van der Waals surface area contributed by atoms with E-state index in [1.165, 1.54) is 11.1 Å². The van der Waals surface area contributed by atoms with E-state index in [4.69, 9.17) is 0 Å². The fourth-order valence-corrected chi connectivity index (χ4v) is 5.97. The Bertz CT molecular complexity index is 2210. The molecule has 0 aliphatic heterocycles. The zero-order valence-electron chi connectivity index (χ0n) is 31.8. The van der Waals surface area contributed by atoms with Crippen LogP contribution < -0.4 is 61.4 Å². The van der Waals surface area contributed by atoms with Crippen molar-refractivity contribution in [3.63, 3.8) is 0 Å². The molecule has 0 amide bonds.